The molecular formula is C21H38O7P2. The van der Waals surface area contributed by atoms with Crippen LogP contribution < -0.4 is 0 Å². The van der Waals surface area contributed by atoms with Crippen LogP contribution in [0.3, 0.4) is 0 Å². The Hall–Kier alpha value is -0.780. The number of phosphoric ester groups is 1. The minimum absolute atomic E-state index is 0.167. The van der Waals surface area contributed by atoms with Crippen molar-refractivity contribution in [2.75, 3.05) is 6.61 Å². The maximum absolute atomic E-state index is 11.3. The van der Waals surface area contributed by atoms with Crippen LogP contribution in [0.1, 0.15) is 79.6 Å². The van der Waals surface area contributed by atoms with Gasteiger partial charge in [0, 0.05) is 0 Å². The van der Waals surface area contributed by atoms with Gasteiger partial charge in [-0.3, -0.25) is 4.52 Å². The lowest BCUT2D eigenvalue weighted by molar-refractivity contribution is 0.180. The second kappa shape index (κ2) is 15.1. The summed E-state index contributed by atoms with van der Waals surface area (Å²) in [6.07, 6.45) is 15.1. The van der Waals surface area contributed by atoms with E-state index in [0.717, 1.165) is 44.1 Å². The van der Waals surface area contributed by atoms with Crippen molar-refractivity contribution >= 4 is 15.6 Å². The SMILES string of the molecule is CC(C)=CCC/C(C)=C/CC/C(C)=C/CC/C(C)=C/CCOP(=O)(O)OP(=O)(O)O. The van der Waals surface area contributed by atoms with Crippen molar-refractivity contribution in [3.05, 3.63) is 46.6 Å². The second-order valence-electron chi connectivity index (χ2n) is 7.71. The van der Waals surface area contributed by atoms with Crippen LogP contribution in [-0.4, -0.2) is 21.3 Å². The molecule has 0 saturated heterocycles. The average molecular weight is 464 g/mol. The molecule has 0 aliphatic heterocycles. The normalized spacial score (nSPS) is 15.8. The van der Waals surface area contributed by atoms with Crippen molar-refractivity contribution in [3.63, 3.8) is 0 Å². The lowest BCUT2D eigenvalue weighted by atomic mass is 10.0. The molecule has 0 saturated carbocycles. The summed E-state index contributed by atoms with van der Waals surface area (Å²) in [5.74, 6) is 0. The molecule has 3 N–H and O–H groups in total. The molecule has 1 atom stereocenters. The number of hydrogen-bond acceptors (Lipinski definition) is 4. The van der Waals surface area contributed by atoms with E-state index < -0.39 is 15.6 Å². The van der Waals surface area contributed by atoms with E-state index in [4.69, 9.17) is 9.79 Å². The zero-order chi connectivity index (χ0) is 23.2. The summed E-state index contributed by atoms with van der Waals surface area (Å²) in [5, 5.41) is 0. The molecule has 0 aromatic rings. The number of hydrogen-bond donors (Lipinski definition) is 3. The fraction of sp³-hybridized carbons (Fsp3) is 0.619. The highest BCUT2D eigenvalue weighted by atomic mass is 31.3. The van der Waals surface area contributed by atoms with Crippen LogP contribution in [0.4, 0.5) is 0 Å². The molecule has 0 bridgehead atoms. The molecule has 0 aliphatic carbocycles. The fourth-order valence-corrected chi connectivity index (χ4v) is 4.22. The Morgan fingerprint density at radius 3 is 1.50 bits per heavy atom. The summed E-state index contributed by atoms with van der Waals surface area (Å²) in [7, 11) is -9.81. The standard InChI is InChI=1S/C21H38O7P2/c1-18(2)10-6-11-19(3)12-7-13-20(4)14-8-15-21(5)16-9-17-27-30(25,26)28-29(22,23)24/h10,12,14,16H,6-9,11,13,15,17H2,1-5H3,(H,25,26)(H2,22,23,24)/b19-12+,20-14+,21-16+. The average Bonchev–Trinajstić information content (AvgIpc) is 2.56. The van der Waals surface area contributed by atoms with Crippen LogP contribution in [0.2, 0.25) is 0 Å². The Bertz CT molecular complexity index is 726. The topological polar surface area (TPSA) is 113 Å². The van der Waals surface area contributed by atoms with E-state index in [2.05, 4.69) is 54.8 Å². The molecule has 174 valence electrons. The highest BCUT2D eigenvalue weighted by Gasteiger charge is 2.31. The first-order chi connectivity index (χ1) is 13.8. The molecule has 7 nitrogen and oxygen atoms in total. The van der Waals surface area contributed by atoms with Crippen molar-refractivity contribution in [1.29, 1.82) is 0 Å². The van der Waals surface area contributed by atoms with E-state index in [1.165, 1.54) is 16.7 Å². The lowest BCUT2D eigenvalue weighted by Crippen LogP contribution is -1.95. The Labute approximate surface area is 181 Å². The van der Waals surface area contributed by atoms with Crippen molar-refractivity contribution in [1.82, 2.24) is 0 Å². The van der Waals surface area contributed by atoms with Gasteiger partial charge in [0.25, 0.3) is 0 Å². The van der Waals surface area contributed by atoms with Gasteiger partial charge in [-0.1, -0.05) is 46.6 Å². The van der Waals surface area contributed by atoms with Gasteiger partial charge in [0.1, 0.15) is 0 Å². The van der Waals surface area contributed by atoms with E-state index in [0.29, 0.717) is 6.42 Å². The van der Waals surface area contributed by atoms with Gasteiger partial charge in [-0.2, -0.15) is 4.31 Å². The van der Waals surface area contributed by atoms with Crippen LogP contribution in [0.15, 0.2) is 46.6 Å². The minimum Gasteiger partial charge on any atom is -0.302 e. The van der Waals surface area contributed by atoms with Gasteiger partial charge in [-0.15, -0.1) is 0 Å². The van der Waals surface area contributed by atoms with E-state index in [9.17, 15) is 14.0 Å². The highest BCUT2D eigenvalue weighted by molar-refractivity contribution is 7.60. The van der Waals surface area contributed by atoms with Crippen LogP contribution in [0.5, 0.6) is 0 Å². The quantitative estimate of drug-likeness (QED) is 0.140. The monoisotopic (exact) mass is 464 g/mol. The molecule has 1 unspecified atom stereocenters. The minimum atomic E-state index is -5.07. The molecule has 0 heterocycles. The maximum Gasteiger partial charge on any atom is 0.481 e. The largest absolute Gasteiger partial charge is 0.481 e. The first-order valence-corrected chi connectivity index (χ1v) is 13.2. The summed E-state index contributed by atoms with van der Waals surface area (Å²) in [5.41, 5.74) is 5.26. The molecule has 30 heavy (non-hydrogen) atoms. The van der Waals surface area contributed by atoms with Crippen molar-refractivity contribution in [2.24, 2.45) is 0 Å². The Kier molecular flexibility index (Phi) is 14.7. The smallest absolute Gasteiger partial charge is 0.302 e. The van der Waals surface area contributed by atoms with Gasteiger partial charge in [0.05, 0.1) is 6.61 Å². The molecule has 9 heteroatoms. The first-order valence-electron chi connectivity index (χ1n) is 10.1. The third kappa shape index (κ3) is 19.2. The van der Waals surface area contributed by atoms with Gasteiger partial charge in [-0.25, -0.2) is 9.13 Å². The van der Waals surface area contributed by atoms with Crippen molar-refractivity contribution in [3.8, 4) is 0 Å². The molecule has 0 spiro atoms. The molecule has 0 aliphatic rings. The predicted molar refractivity (Wildman–Crippen MR) is 122 cm³/mol. The van der Waals surface area contributed by atoms with Crippen molar-refractivity contribution in [2.45, 2.75) is 79.6 Å². The Balaban J connectivity index is 4.13. The number of phosphoric acid groups is 2. The van der Waals surface area contributed by atoms with E-state index in [1.54, 1.807) is 0 Å². The van der Waals surface area contributed by atoms with Gasteiger partial charge < -0.3 is 14.7 Å². The zero-order valence-electron chi connectivity index (χ0n) is 18.8. The summed E-state index contributed by atoms with van der Waals surface area (Å²) >= 11 is 0. The maximum atomic E-state index is 11.3. The van der Waals surface area contributed by atoms with Gasteiger partial charge in [0.2, 0.25) is 0 Å². The van der Waals surface area contributed by atoms with E-state index >= 15 is 0 Å². The van der Waals surface area contributed by atoms with E-state index in [-0.39, 0.29) is 6.61 Å². The summed E-state index contributed by atoms with van der Waals surface area (Å²) < 4.78 is 30.1. The van der Waals surface area contributed by atoms with Crippen molar-refractivity contribution < 1.29 is 32.6 Å². The van der Waals surface area contributed by atoms with Gasteiger partial charge in [0.15, 0.2) is 0 Å². The van der Waals surface area contributed by atoms with Crippen LogP contribution in [0, 0.1) is 0 Å². The third-order valence-corrected chi connectivity index (χ3v) is 6.41. The second-order valence-corrected chi connectivity index (χ2v) is 10.5. The lowest BCUT2D eigenvalue weighted by Gasteiger charge is -2.11. The van der Waals surface area contributed by atoms with E-state index in [1.807, 2.05) is 13.0 Å². The molecule has 0 aromatic heterocycles. The van der Waals surface area contributed by atoms with Crippen LogP contribution in [0.25, 0.3) is 0 Å². The number of rotatable bonds is 15. The third-order valence-electron chi connectivity index (χ3n) is 4.23. The van der Waals surface area contributed by atoms with Crippen LogP contribution in [-0.2, 0) is 18.0 Å². The fourth-order valence-electron chi connectivity index (χ4n) is 2.62. The number of allylic oxidation sites excluding steroid dienone is 7. The summed E-state index contributed by atoms with van der Waals surface area (Å²) in [4.78, 5) is 26.2. The molecular weight excluding hydrogens is 426 g/mol. The zero-order valence-corrected chi connectivity index (χ0v) is 20.6. The Morgan fingerprint density at radius 1 is 0.700 bits per heavy atom. The molecule has 0 radical (unpaired) electrons. The molecule has 0 amide bonds. The Morgan fingerprint density at radius 2 is 1.10 bits per heavy atom. The van der Waals surface area contributed by atoms with Crippen LogP contribution >= 0.6 is 15.6 Å². The molecule has 0 rings (SSSR count). The summed E-state index contributed by atoms with van der Waals surface area (Å²) in [6.45, 7) is 10.4. The van der Waals surface area contributed by atoms with Gasteiger partial charge >= 0.3 is 15.6 Å². The first kappa shape index (κ1) is 29.2. The van der Waals surface area contributed by atoms with Gasteiger partial charge in [-0.05, 0) is 79.6 Å². The molecule has 0 aromatic carbocycles. The molecule has 0 fully saturated rings. The highest BCUT2D eigenvalue weighted by Crippen LogP contribution is 2.57. The summed E-state index contributed by atoms with van der Waals surface area (Å²) in [6, 6.07) is 0. The predicted octanol–water partition coefficient (Wildman–Crippen LogP) is 6.75.